The van der Waals surface area contributed by atoms with Gasteiger partial charge in [0.25, 0.3) is 5.91 Å². The smallest absolute Gasteiger partial charge is 0.326 e. The van der Waals surface area contributed by atoms with E-state index in [2.05, 4.69) is 5.32 Å². The summed E-state index contributed by atoms with van der Waals surface area (Å²) < 4.78 is 5.26. The van der Waals surface area contributed by atoms with Gasteiger partial charge in [0.05, 0.1) is 5.56 Å². The van der Waals surface area contributed by atoms with E-state index >= 15 is 0 Å². The third-order valence-corrected chi connectivity index (χ3v) is 2.78. The molecule has 0 fully saturated rings. The van der Waals surface area contributed by atoms with Gasteiger partial charge >= 0.3 is 5.97 Å². The molecule has 1 rings (SSSR count). The minimum absolute atomic E-state index is 0.290. The van der Waals surface area contributed by atoms with Gasteiger partial charge in [0.2, 0.25) is 0 Å². The lowest BCUT2D eigenvalue weighted by Crippen LogP contribution is -2.50. The van der Waals surface area contributed by atoms with Crippen molar-refractivity contribution in [2.24, 2.45) is 5.41 Å². The van der Waals surface area contributed by atoms with Crippen molar-refractivity contribution in [3.8, 4) is 11.8 Å². The first-order valence-electron chi connectivity index (χ1n) is 6.40. The monoisotopic (exact) mass is 290 g/mol. The Bertz CT molecular complexity index is 570. The van der Waals surface area contributed by atoms with Crippen molar-refractivity contribution in [3.05, 3.63) is 29.8 Å². The first-order valence-corrected chi connectivity index (χ1v) is 6.40. The van der Waals surface area contributed by atoms with E-state index in [1.165, 1.54) is 0 Å². The zero-order valence-electron chi connectivity index (χ0n) is 12.2. The first-order chi connectivity index (χ1) is 9.75. The topological polar surface area (TPSA) is 99.4 Å². The number of benzene rings is 1. The molecule has 0 unspecified atom stereocenters. The van der Waals surface area contributed by atoms with Gasteiger partial charge in [-0.1, -0.05) is 32.9 Å². The van der Waals surface area contributed by atoms with E-state index in [-0.39, 0.29) is 12.4 Å². The van der Waals surface area contributed by atoms with E-state index in [1.807, 2.05) is 6.07 Å². The van der Waals surface area contributed by atoms with Crippen LogP contribution in [0, 0.1) is 16.7 Å². The van der Waals surface area contributed by atoms with Crippen LogP contribution in [0.3, 0.4) is 0 Å². The van der Waals surface area contributed by atoms with Crippen molar-refractivity contribution >= 4 is 11.9 Å². The Morgan fingerprint density at radius 3 is 2.52 bits per heavy atom. The normalized spacial score (nSPS) is 12.1. The fourth-order valence-corrected chi connectivity index (χ4v) is 1.68. The van der Waals surface area contributed by atoms with Crippen molar-refractivity contribution in [3.63, 3.8) is 0 Å². The maximum absolute atomic E-state index is 11.8. The molecule has 0 aliphatic rings. The van der Waals surface area contributed by atoms with Gasteiger partial charge in [0.15, 0.2) is 6.61 Å². The molecule has 0 heterocycles. The number of amides is 1. The van der Waals surface area contributed by atoms with Gasteiger partial charge in [-0.25, -0.2) is 4.79 Å². The quantitative estimate of drug-likeness (QED) is 0.857. The third kappa shape index (κ3) is 4.80. The summed E-state index contributed by atoms with van der Waals surface area (Å²) in [5, 5.41) is 20.4. The van der Waals surface area contributed by atoms with E-state index in [0.29, 0.717) is 5.56 Å². The van der Waals surface area contributed by atoms with E-state index < -0.39 is 23.3 Å². The molecule has 2 N–H and O–H groups in total. The lowest BCUT2D eigenvalue weighted by molar-refractivity contribution is -0.145. The van der Waals surface area contributed by atoms with Crippen LogP contribution in [0.25, 0.3) is 0 Å². The summed E-state index contributed by atoms with van der Waals surface area (Å²) >= 11 is 0. The molecule has 0 spiro atoms. The van der Waals surface area contributed by atoms with Gasteiger partial charge in [-0.3, -0.25) is 4.79 Å². The number of carboxylic acid groups (broad SMARTS) is 1. The summed E-state index contributed by atoms with van der Waals surface area (Å²) in [5.74, 6) is -1.36. The second-order valence-electron chi connectivity index (χ2n) is 5.60. The molecule has 0 saturated carbocycles. The zero-order chi connectivity index (χ0) is 16.0. The van der Waals surface area contributed by atoms with E-state index in [9.17, 15) is 9.59 Å². The molecule has 1 atom stereocenters. The molecule has 1 amide bonds. The van der Waals surface area contributed by atoms with Crippen molar-refractivity contribution < 1.29 is 19.4 Å². The molecule has 0 radical (unpaired) electrons. The number of ether oxygens (including phenoxy) is 1. The lowest BCUT2D eigenvalue weighted by atomic mass is 9.87. The van der Waals surface area contributed by atoms with E-state index in [4.69, 9.17) is 15.1 Å². The summed E-state index contributed by atoms with van der Waals surface area (Å²) in [4.78, 5) is 23.0. The number of hydrogen-bond acceptors (Lipinski definition) is 4. The van der Waals surface area contributed by atoms with Crippen LogP contribution < -0.4 is 10.1 Å². The lowest BCUT2D eigenvalue weighted by Gasteiger charge is -2.27. The number of rotatable bonds is 5. The minimum atomic E-state index is -1.10. The van der Waals surface area contributed by atoms with Gasteiger partial charge in [0.1, 0.15) is 17.9 Å². The molecular formula is C15H18N2O4. The molecule has 112 valence electrons. The van der Waals surface area contributed by atoms with Gasteiger partial charge < -0.3 is 15.2 Å². The van der Waals surface area contributed by atoms with E-state index in [1.54, 1.807) is 45.0 Å². The molecule has 6 nitrogen and oxygen atoms in total. The van der Waals surface area contributed by atoms with Crippen molar-refractivity contribution in [2.45, 2.75) is 26.8 Å². The van der Waals surface area contributed by atoms with Crippen LogP contribution >= 0.6 is 0 Å². The maximum atomic E-state index is 11.8. The summed E-state index contributed by atoms with van der Waals surface area (Å²) in [7, 11) is 0. The molecule has 0 aliphatic carbocycles. The number of aliphatic carboxylic acids is 1. The van der Waals surface area contributed by atoms with Gasteiger partial charge in [-0.15, -0.1) is 0 Å². The number of nitrogens with one attached hydrogen (secondary N) is 1. The number of carbonyl (C=O) groups excluding carboxylic acids is 1. The minimum Gasteiger partial charge on any atom is -0.482 e. The Labute approximate surface area is 123 Å². The number of hydrogen-bond donors (Lipinski definition) is 2. The fraction of sp³-hybridized carbons (Fsp3) is 0.400. The standard InChI is InChI=1S/C15H18N2O4/c1-15(2,3)13(14(19)20)17-12(18)9-21-11-7-5-4-6-10(11)8-16/h4-7,13H,9H2,1-3H3,(H,17,18)(H,19,20)/t13-/m0/s1. The Morgan fingerprint density at radius 1 is 1.38 bits per heavy atom. The Balaban J connectivity index is 2.66. The molecule has 0 aromatic heterocycles. The number of para-hydroxylation sites is 1. The summed E-state index contributed by atoms with van der Waals surface area (Å²) in [6.45, 7) is 4.81. The molecule has 0 bridgehead atoms. The fourth-order valence-electron chi connectivity index (χ4n) is 1.68. The molecular weight excluding hydrogens is 272 g/mol. The highest BCUT2D eigenvalue weighted by Gasteiger charge is 2.32. The highest BCUT2D eigenvalue weighted by molar-refractivity contribution is 5.84. The largest absolute Gasteiger partial charge is 0.482 e. The molecule has 1 aromatic carbocycles. The molecule has 6 heteroatoms. The van der Waals surface area contributed by atoms with Crippen LogP contribution in [0.1, 0.15) is 26.3 Å². The third-order valence-electron chi connectivity index (χ3n) is 2.78. The van der Waals surface area contributed by atoms with Crippen LogP contribution in [0.4, 0.5) is 0 Å². The highest BCUT2D eigenvalue weighted by atomic mass is 16.5. The molecule has 21 heavy (non-hydrogen) atoms. The van der Waals surface area contributed by atoms with Crippen LogP contribution in [0.15, 0.2) is 24.3 Å². The van der Waals surface area contributed by atoms with Gasteiger partial charge in [0, 0.05) is 0 Å². The second kappa shape index (κ2) is 6.75. The average Bonchev–Trinajstić information content (AvgIpc) is 2.41. The number of nitrogens with zero attached hydrogens (tertiary/aromatic N) is 1. The number of carbonyl (C=O) groups is 2. The van der Waals surface area contributed by atoms with Crippen LogP contribution in [0.5, 0.6) is 5.75 Å². The Morgan fingerprint density at radius 2 is 2.00 bits per heavy atom. The van der Waals surface area contributed by atoms with Crippen molar-refractivity contribution in [2.75, 3.05) is 6.61 Å². The Hall–Kier alpha value is -2.55. The summed E-state index contributed by atoms with van der Waals surface area (Å²) in [5.41, 5.74) is -0.303. The predicted octanol–water partition coefficient (Wildman–Crippen LogP) is 1.55. The zero-order valence-corrected chi connectivity index (χ0v) is 12.2. The molecule has 0 aliphatic heterocycles. The number of nitriles is 1. The molecule has 1 aromatic rings. The number of carboxylic acids is 1. The van der Waals surface area contributed by atoms with Crippen LogP contribution in [-0.2, 0) is 9.59 Å². The highest BCUT2D eigenvalue weighted by Crippen LogP contribution is 2.20. The molecule has 0 saturated heterocycles. The maximum Gasteiger partial charge on any atom is 0.326 e. The SMILES string of the molecule is CC(C)(C)[C@@H](NC(=O)COc1ccccc1C#N)C(=O)O. The second-order valence-corrected chi connectivity index (χ2v) is 5.60. The van der Waals surface area contributed by atoms with E-state index in [0.717, 1.165) is 0 Å². The first kappa shape index (κ1) is 16.5. The van der Waals surface area contributed by atoms with Gasteiger partial charge in [-0.2, -0.15) is 5.26 Å². The van der Waals surface area contributed by atoms with Crippen LogP contribution in [0.2, 0.25) is 0 Å². The van der Waals surface area contributed by atoms with Crippen LogP contribution in [-0.4, -0.2) is 29.6 Å². The summed E-state index contributed by atoms with van der Waals surface area (Å²) in [6, 6.07) is 7.45. The average molecular weight is 290 g/mol. The summed E-state index contributed by atoms with van der Waals surface area (Å²) in [6.07, 6.45) is 0. The van der Waals surface area contributed by atoms with Crippen molar-refractivity contribution in [1.82, 2.24) is 5.32 Å². The van der Waals surface area contributed by atoms with Crippen molar-refractivity contribution in [1.29, 1.82) is 5.26 Å². The van der Waals surface area contributed by atoms with Gasteiger partial charge in [-0.05, 0) is 17.5 Å². The predicted molar refractivity (Wildman–Crippen MR) is 75.7 cm³/mol. The Kier molecular flexibility index (Phi) is 5.30.